The van der Waals surface area contributed by atoms with Gasteiger partial charge in [-0.1, -0.05) is 18.2 Å². The van der Waals surface area contributed by atoms with Crippen LogP contribution in [-0.2, 0) is 6.42 Å². The predicted molar refractivity (Wildman–Crippen MR) is 115 cm³/mol. The summed E-state index contributed by atoms with van der Waals surface area (Å²) >= 11 is 0. The molecule has 7 nitrogen and oxygen atoms in total. The molecular weight excluding hydrogens is 382 g/mol. The molecule has 2 aromatic carbocycles. The average Bonchev–Trinajstić information content (AvgIpc) is 2.76. The highest BCUT2D eigenvalue weighted by Crippen LogP contribution is 2.38. The molecule has 0 fully saturated rings. The van der Waals surface area contributed by atoms with Crippen LogP contribution in [0, 0.1) is 6.92 Å². The summed E-state index contributed by atoms with van der Waals surface area (Å²) in [4.78, 5) is 27.3. The molecule has 1 unspecified atom stereocenters. The number of nitrogens with zero attached hydrogens (tertiary/aromatic N) is 1. The number of aryl methyl sites for hydroxylation is 1. The Morgan fingerprint density at radius 2 is 1.80 bits per heavy atom. The number of amides is 3. The van der Waals surface area contributed by atoms with E-state index >= 15 is 0 Å². The highest BCUT2D eigenvalue weighted by atomic mass is 16.5. The van der Waals surface area contributed by atoms with Crippen molar-refractivity contribution in [2.75, 3.05) is 33.9 Å². The number of nitrogens with one attached hydrogen (secondary N) is 2. The number of hydrogen-bond acceptors (Lipinski definition) is 4. The lowest BCUT2D eigenvalue weighted by atomic mass is 9.91. The van der Waals surface area contributed by atoms with Gasteiger partial charge in [-0.05, 0) is 55.2 Å². The van der Waals surface area contributed by atoms with E-state index in [0.717, 1.165) is 16.7 Å². The maximum Gasteiger partial charge on any atom is 0.317 e. The standard InChI is InChI=1S/C23H29N3O4/c1-5-24-23(28)26-11-10-16-12-20(29-3)21(30-4)13-18(16)19(26)14-25-22(27)17-9-7-6-8-15(17)2/h6-9,12-13,19H,5,10-11,14H2,1-4H3,(H,24,28)(H,25,27). The maximum absolute atomic E-state index is 12.8. The van der Waals surface area contributed by atoms with E-state index in [0.29, 0.717) is 43.1 Å². The zero-order valence-corrected chi connectivity index (χ0v) is 18.0. The van der Waals surface area contributed by atoms with Crippen LogP contribution in [0.4, 0.5) is 4.79 Å². The Kier molecular flexibility index (Phi) is 6.82. The van der Waals surface area contributed by atoms with Crippen LogP contribution in [0.15, 0.2) is 36.4 Å². The van der Waals surface area contributed by atoms with Gasteiger partial charge in [0.15, 0.2) is 11.5 Å². The summed E-state index contributed by atoms with van der Waals surface area (Å²) in [6.45, 7) is 5.18. The van der Waals surface area contributed by atoms with Crippen molar-refractivity contribution in [1.82, 2.24) is 15.5 Å². The van der Waals surface area contributed by atoms with Gasteiger partial charge in [0.25, 0.3) is 5.91 Å². The number of ether oxygens (including phenoxy) is 2. The number of carbonyl (C=O) groups excluding carboxylic acids is 2. The van der Waals surface area contributed by atoms with Gasteiger partial charge in [-0.25, -0.2) is 4.79 Å². The Bertz CT molecular complexity index is 929. The van der Waals surface area contributed by atoms with E-state index in [1.807, 2.05) is 44.2 Å². The van der Waals surface area contributed by atoms with E-state index in [4.69, 9.17) is 9.47 Å². The minimum atomic E-state index is -0.312. The summed E-state index contributed by atoms with van der Waals surface area (Å²) in [5, 5.41) is 5.88. The highest BCUT2D eigenvalue weighted by Gasteiger charge is 2.32. The first kappa shape index (κ1) is 21.5. The largest absolute Gasteiger partial charge is 0.493 e. The molecule has 2 N–H and O–H groups in total. The van der Waals surface area contributed by atoms with E-state index in [1.54, 1.807) is 25.2 Å². The summed E-state index contributed by atoms with van der Waals surface area (Å²) < 4.78 is 10.9. The molecule has 0 aromatic heterocycles. The Balaban J connectivity index is 1.91. The predicted octanol–water partition coefficient (Wildman–Crippen LogP) is 3.07. The van der Waals surface area contributed by atoms with Crippen molar-refractivity contribution in [3.05, 3.63) is 58.7 Å². The number of benzene rings is 2. The van der Waals surface area contributed by atoms with Crippen LogP contribution in [0.2, 0.25) is 0 Å². The number of methoxy groups -OCH3 is 2. The Morgan fingerprint density at radius 1 is 1.10 bits per heavy atom. The molecule has 0 saturated carbocycles. The fourth-order valence-electron chi connectivity index (χ4n) is 3.86. The normalized spacial score (nSPS) is 15.2. The SMILES string of the molecule is CCNC(=O)N1CCc2cc(OC)c(OC)cc2C1CNC(=O)c1ccccc1C. The van der Waals surface area contributed by atoms with Gasteiger partial charge in [0.05, 0.1) is 20.3 Å². The first-order valence-electron chi connectivity index (χ1n) is 10.1. The minimum Gasteiger partial charge on any atom is -0.493 e. The quantitative estimate of drug-likeness (QED) is 0.766. The maximum atomic E-state index is 12.8. The lowest BCUT2D eigenvalue weighted by Gasteiger charge is -2.37. The molecule has 3 amide bonds. The van der Waals surface area contributed by atoms with Crippen LogP contribution in [0.1, 0.15) is 40.0 Å². The minimum absolute atomic E-state index is 0.145. The Labute approximate surface area is 177 Å². The van der Waals surface area contributed by atoms with E-state index in [2.05, 4.69) is 10.6 Å². The summed E-state index contributed by atoms with van der Waals surface area (Å²) in [5.41, 5.74) is 3.58. The van der Waals surface area contributed by atoms with Crippen molar-refractivity contribution in [3.63, 3.8) is 0 Å². The van der Waals surface area contributed by atoms with Crippen molar-refractivity contribution in [2.45, 2.75) is 26.3 Å². The summed E-state index contributed by atoms with van der Waals surface area (Å²) in [5.74, 6) is 1.10. The van der Waals surface area contributed by atoms with Crippen LogP contribution in [0.25, 0.3) is 0 Å². The molecule has 2 aromatic rings. The van der Waals surface area contributed by atoms with Gasteiger partial charge in [0, 0.05) is 25.2 Å². The van der Waals surface area contributed by atoms with Crippen molar-refractivity contribution >= 4 is 11.9 Å². The first-order valence-corrected chi connectivity index (χ1v) is 10.1. The molecule has 3 rings (SSSR count). The second-order valence-electron chi connectivity index (χ2n) is 7.23. The van der Waals surface area contributed by atoms with Crippen LogP contribution < -0.4 is 20.1 Å². The summed E-state index contributed by atoms with van der Waals surface area (Å²) in [6.07, 6.45) is 0.703. The molecule has 1 aliphatic heterocycles. The third-order valence-corrected chi connectivity index (χ3v) is 5.44. The van der Waals surface area contributed by atoms with Crippen LogP contribution in [0.5, 0.6) is 11.5 Å². The number of carbonyl (C=O) groups is 2. The van der Waals surface area contributed by atoms with Crippen molar-refractivity contribution in [2.24, 2.45) is 0 Å². The number of hydrogen-bond donors (Lipinski definition) is 2. The van der Waals surface area contributed by atoms with Crippen LogP contribution in [0.3, 0.4) is 0 Å². The van der Waals surface area contributed by atoms with E-state index in [9.17, 15) is 9.59 Å². The van der Waals surface area contributed by atoms with Crippen LogP contribution >= 0.6 is 0 Å². The van der Waals surface area contributed by atoms with E-state index in [1.165, 1.54) is 0 Å². The van der Waals surface area contributed by atoms with Crippen LogP contribution in [-0.4, -0.2) is 50.7 Å². The van der Waals surface area contributed by atoms with E-state index in [-0.39, 0.29) is 18.0 Å². The molecule has 7 heteroatoms. The smallest absolute Gasteiger partial charge is 0.317 e. The highest BCUT2D eigenvalue weighted by molar-refractivity contribution is 5.95. The summed E-state index contributed by atoms with van der Waals surface area (Å²) in [7, 11) is 3.19. The zero-order valence-electron chi connectivity index (χ0n) is 18.0. The second-order valence-corrected chi connectivity index (χ2v) is 7.23. The van der Waals surface area contributed by atoms with Gasteiger partial charge < -0.3 is 25.0 Å². The number of urea groups is 1. The van der Waals surface area contributed by atoms with Gasteiger partial charge in [0.1, 0.15) is 0 Å². The summed E-state index contributed by atoms with van der Waals surface area (Å²) in [6, 6.07) is 10.9. The third-order valence-electron chi connectivity index (χ3n) is 5.44. The fraction of sp³-hybridized carbons (Fsp3) is 0.391. The third kappa shape index (κ3) is 4.35. The van der Waals surface area contributed by atoms with Gasteiger partial charge in [-0.2, -0.15) is 0 Å². The molecule has 0 bridgehead atoms. The van der Waals surface area contributed by atoms with Crippen molar-refractivity contribution < 1.29 is 19.1 Å². The number of rotatable bonds is 6. The van der Waals surface area contributed by atoms with E-state index < -0.39 is 0 Å². The molecule has 0 aliphatic carbocycles. The molecule has 160 valence electrons. The lowest BCUT2D eigenvalue weighted by Crippen LogP contribution is -2.49. The molecular formula is C23H29N3O4. The van der Waals surface area contributed by atoms with Crippen molar-refractivity contribution in [3.8, 4) is 11.5 Å². The fourth-order valence-corrected chi connectivity index (χ4v) is 3.86. The molecule has 0 radical (unpaired) electrons. The second kappa shape index (κ2) is 9.52. The molecule has 0 saturated heterocycles. The average molecular weight is 412 g/mol. The monoisotopic (exact) mass is 411 g/mol. The lowest BCUT2D eigenvalue weighted by molar-refractivity contribution is 0.0933. The van der Waals surface area contributed by atoms with Gasteiger partial charge >= 0.3 is 6.03 Å². The molecule has 0 spiro atoms. The van der Waals surface area contributed by atoms with Gasteiger partial charge in [0.2, 0.25) is 0 Å². The van der Waals surface area contributed by atoms with Gasteiger partial charge in [-0.15, -0.1) is 0 Å². The first-order chi connectivity index (χ1) is 14.5. The molecule has 30 heavy (non-hydrogen) atoms. The molecule has 1 heterocycles. The van der Waals surface area contributed by atoms with Crippen molar-refractivity contribution in [1.29, 1.82) is 0 Å². The Morgan fingerprint density at radius 3 is 2.47 bits per heavy atom. The zero-order chi connectivity index (χ0) is 21.7. The molecule has 1 aliphatic rings. The van der Waals surface area contributed by atoms with Gasteiger partial charge in [-0.3, -0.25) is 4.79 Å². The Hall–Kier alpha value is -3.22. The topological polar surface area (TPSA) is 79.9 Å². The number of fused-ring (bicyclic) bond motifs is 1. The molecule has 1 atom stereocenters.